The molecule has 3 nitrogen and oxygen atoms in total. The van der Waals surface area contributed by atoms with Crippen LogP contribution in [0.3, 0.4) is 0 Å². The molecule has 0 bridgehead atoms. The first-order chi connectivity index (χ1) is 7.54. The Hall–Kier alpha value is -0.740. The SMILES string of the molecule is CCN(C)C(=O)CNc1ccc(Cl)c(Br)c1. The van der Waals surface area contributed by atoms with Gasteiger partial charge in [-0.15, -0.1) is 0 Å². The van der Waals surface area contributed by atoms with Crippen LogP contribution < -0.4 is 5.32 Å². The van der Waals surface area contributed by atoms with E-state index in [4.69, 9.17) is 11.6 Å². The summed E-state index contributed by atoms with van der Waals surface area (Å²) in [7, 11) is 1.78. The molecule has 1 rings (SSSR count). The van der Waals surface area contributed by atoms with Crippen LogP contribution in [0.25, 0.3) is 0 Å². The maximum absolute atomic E-state index is 11.5. The van der Waals surface area contributed by atoms with E-state index in [1.165, 1.54) is 0 Å². The number of carbonyl (C=O) groups is 1. The Morgan fingerprint density at radius 1 is 1.56 bits per heavy atom. The lowest BCUT2D eigenvalue weighted by Crippen LogP contribution is -2.31. The molecule has 0 heterocycles. The monoisotopic (exact) mass is 304 g/mol. The van der Waals surface area contributed by atoms with Crippen LogP contribution in [0.2, 0.25) is 5.02 Å². The topological polar surface area (TPSA) is 32.3 Å². The van der Waals surface area contributed by atoms with Crippen LogP contribution in [0.1, 0.15) is 6.92 Å². The number of nitrogens with one attached hydrogen (secondary N) is 1. The van der Waals surface area contributed by atoms with Gasteiger partial charge in [-0.25, -0.2) is 0 Å². The summed E-state index contributed by atoms with van der Waals surface area (Å²) in [5.41, 5.74) is 0.870. The second kappa shape index (κ2) is 6.11. The standard InChI is InChI=1S/C11H14BrClN2O/c1-3-15(2)11(16)7-14-8-4-5-10(13)9(12)6-8/h4-6,14H,3,7H2,1-2H3. The van der Waals surface area contributed by atoms with Crippen molar-refractivity contribution in [1.29, 1.82) is 0 Å². The minimum Gasteiger partial charge on any atom is -0.376 e. The van der Waals surface area contributed by atoms with Crippen molar-refractivity contribution in [3.05, 3.63) is 27.7 Å². The van der Waals surface area contributed by atoms with Crippen molar-refractivity contribution in [3.63, 3.8) is 0 Å². The Labute approximate surface area is 109 Å². The van der Waals surface area contributed by atoms with Gasteiger partial charge in [-0.05, 0) is 41.1 Å². The highest BCUT2D eigenvalue weighted by Crippen LogP contribution is 2.25. The van der Waals surface area contributed by atoms with Crippen molar-refractivity contribution in [1.82, 2.24) is 4.90 Å². The molecule has 0 saturated heterocycles. The third kappa shape index (κ3) is 3.68. The number of carbonyl (C=O) groups excluding carboxylic acids is 1. The highest BCUT2D eigenvalue weighted by molar-refractivity contribution is 9.10. The van der Waals surface area contributed by atoms with Crippen LogP contribution in [0.15, 0.2) is 22.7 Å². The van der Waals surface area contributed by atoms with E-state index in [0.29, 0.717) is 18.1 Å². The molecule has 0 radical (unpaired) electrons. The van der Waals surface area contributed by atoms with E-state index in [1.807, 2.05) is 19.1 Å². The van der Waals surface area contributed by atoms with Gasteiger partial charge in [-0.2, -0.15) is 0 Å². The molecule has 1 aromatic rings. The predicted molar refractivity (Wildman–Crippen MR) is 71.0 cm³/mol. The summed E-state index contributed by atoms with van der Waals surface area (Å²) in [5, 5.41) is 3.70. The van der Waals surface area contributed by atoms with E-state index < -0.39 is 0 Å². The second-order valence-electron chi connectivity index (χ2n) is 3.39. The Kier molecular flexibility index (Phi) is 5.09. The van der Waals surface area contributed by atoms with Crippen LogP contribution in [-0.2, 0) is 4.79 Å². The fourth-order valence-corrected chi connectivity index (χ4v) is 1.59. The maximum atomic E-state index is 11.5. The summed E-state index contributed by atoms with van der Waals surface area (Å²) < 4.78 is 0.815. The summed E-state index contributed by atoms with van der Waals surface area (Å²) in [5.74, 6) is 0.0635. The second-order valence-corrected chi connectivity index (χ2v) is 4.65. The molecule has 0 unspecified atom stereocenters. The summed E-state index contributed by atoms with van der Waals surface area (Å²) in [6, 6.07) is 5.47. The van der Waals surface area contributed by atoms with E-state index in [0.717, 1.165) is 10.2 Å². The summed E-state index contributed by atoms with van der Waals surface area (Å²) >= 11 is 9.19. The summed E-state index contributed by atoms with van der Waals surface area (Å²) in [6.07, 6.45) is 0. The van der Waals surface area contributed by atoms with E-state index in [9.17, 15) is 4.79 Å². The van der Waals surface area contributed by atoms with Crippen molar-refractivity contribution in [2.45, 2.75) is 6.92 Å². The Bertz CT molecular complexity index is 384. The van der Waals surface area contributed by atoms with Gasteiger partial charge in [-0.1, -0.05) is 11.6 Å². The third-order valence-electron chi connectivity index (χ3n) is 2.26. The van der Waals surface area contributed by atoms with Crippen molar-refractivity contribution < 1.29 is 4.79 Å². The summed E-state index contributed by atoms with van der Waals surface area (Å²) in [4.78, 5) is 13.2. The first-order valence-corrected chi connectivity index (χ1v) is 6.14. The van der Waals surface area contributed by atoms with Crippen molar-refractivity contribution in [2.24, 2.45) is 0 Å². The van der Waals surface area contributed by atoms with Crippen molar-refractivity contribution in [3.8, 4) is 0 Å². The first-order valence-electron chi connectivity index (χ1n) is 4.97. The van der Waals surface area contributed by atoms with Gasteiger partial charge in [0.15, 0.2) is 0 Å². The molecule has 1 amide bonds. The quantitative estimate of drug-likeness (QED) is 0.927. The number of amides is 1. The molecule has 0 aliphatic carbocycles. The predicted octanol–water partition coefficient (Wildman–Crippen LogP) is 2.99. The fraction of sp³-hybridized carbons (Fsp3) is 0.364. The largest absolute Gasteiger partial charge is 0.376 e. The van der Waals surface area contributed by atoms with Crippen molar-refractivity contribution >= 4 is 39.1 Å². The van der Waals surface area contributed by atoms with Crippen LogP contribution in [0, 0.1) is 0 Å². The van der Waals surface area contributed by atoms with Crippen LogP contribution in [-0.4, -0.2) is 30.9 Å². The number of benzene rings is 1. The Morgan fingerprint density at radius 3 is 2.81 bits per heavy atom. The number of hydrogen-bond acceptors (Lipinski definition) is 2. The average molecular weight is 306 g/mol. The zero-order valence-electron chi connectivity index (χ0n) is 9.26. The zero-order chi connectivity index (χ0) is 12.1. The third-order valence-corrected chi connectivity index (χ3v) is 3.48. The normalized spacial score (nSPS) is 10.0. The average Bonchev–Trinajstić information content (AvgIpc) is 2.29. The minimum absolute atomic E-state index is 0.0635. The van der Waals surface area contributed by atoms with Gasteiger partial charge in [0, 0.05) is 23.8 Å². The molecule has 0 saturated carbocycles. The lowest BCUT2D eigenvalue weighted by molar-refractivity contribution is -0.127. The molecule has 88 valence electrons. The lowest BCUT2D eigenvalue weighted by atomic mass is 10.3. The van der Waals surface area contributed by atoms with Crippen LogP contribution >= 0.6 is 27.5 Å². The number of rotatable bonds is 4. The molecule has 0 atom stereocenters. The molecule has 0 spiro atoms. The number of nitrogens with zero attached hydrogens (tertiary/aromatic N) is 1. The molecule has 1 N–H and O–H groups in total. The van der Waals surface area contributed by atoms with Gasteiger partial charge in [0.05, 0.1) is 11.6 Å². The molecule has 0 aliphatic heterocycles. The zero-order valence-corrected chi connectivity index (χ0v) is 11.6. The molecule has 0 aromatic heterocycles. The van der Waals surface area contributed by atoms with Crippen molar-refractivity contribution in [2.75, 3.05) is 25.5 Å². The molecular formula is C11H14BrClN2O. The molecule has 0 fully saturated rings. The lowest BCUT2D eigenvalue weighted by Gasteiger charge is -2.15. The fourth-order valence-electron chi connectivity index (χ4n) is 1.10. The highest BCUT2D eigenvalue weighted by Gasteiger charge is 2.06. The minimum atomic E-state index is 0.0635. The number of halogens is 2. The van der Waals surface area contributed by atoms with Crippen LogP contribution in [0.5, 0.6) is 0 Å². The van der Waals surface area contributed by atoms with Gasteiger partial charge in [-0.3, -0.25) is 4.79 Å². The van der Waals surface area contributed by atoms with E-state index in [-0.39, 0.29) is 5.91 Å². The highest BCUT2D eigenvalue weighted by atomic mass is 79.9. The number of likely N-dealkylation sites (N-methyl/N-ethyl adjacent to an activating group) is 1. The first kappa shape index (κ1) is 13.3. The van der Waals surface area contributed by atoms with E-state index >= 15 is 0 Å². The Balaban J connectivity index is 2.55. The van der Waals surface area contributed by atoms with E-state index in [2.05, 4.69) is 21.2 Å². The Morgan fingerprint density at radius 2 is 2.25 bits per heavy atom. The number of anilines is 1. The van der Waals surface area contributed by atoms with Crippen LogP contribution in [0.4, 0.5) is 5.69 Å². The maximum Gasteiger partial charge on any atom is 0.241 e. The molecule has 1 aromatic carbocycles. The van der Waals surface area contributed by atoms with Gasteiger partial charge in [0.2, 0.25) is 5.91 Å². The van der Waals surface area contributed by atoms with Gasteiger partial charge >= 0.3 is 0 Å². The molecule has 0 aliphatic rings. The summed E-state index contributed by atoms with van der Waals surface area (Å²) in [6.45, 7) is 2.94. The van der Waals surface area contributed by atoms with Gasteiger partial charge in [0.1, 0.15) is 0 Å². The van der Waals surface area contributed by atoms with Gasteiger partial charge in [0.25, 0.3) is 0 Å². The van der Waals surface area contributed by atoms with E-state index in [1.54, 1.807) is 18.0 Å². The smallest absolute Gasteiger partial charge is 0.241 e. The van der Waals surface area contributed by atoms with Gasteiger partial charge < -0.3 is 10.2 Å². The number of hydrogen-bond donors (Lipinski definition) is 1. The molecule has 5 heteroatoms. The molecular weight excluding hydrogens is 291 g/mol. The molecule has 16 heavy (non-hydrogen) atoms.